The molecule has 2 atom stereocenters. The fourth-order valence-corrected chi connectivity index (χ4v) is 6.76. The zero-order valence-corrected chi connectivity index (χ0v) is 20.3. The highest BCUT2D eigenvalue weighted by molar-refractivity contribution is 7.90. The number of halogens is 1. The Bertz CT molecular complexity index is 1190. The fraction of sp³-hybridized carbons (Fsp3) is 0.565. The fourth-order valence-electron chi connectivity index (χ4n) is 4.75. The number of nitrogens with zero attached hydrogens (tertiary/aromatic N) is 4. The van der Waals surface area contributed by atoms with Crippen LogP contribution in [-0.2, 0) is 10.0 Å². The van der Waals surface area contributed by atoms with Crippen LogP contribution < -0.4 is 15.2 Å². The van der Waals surface area contributed by atoms with Crippen molar-refractivity contribution in [1.29, 1.82) is 0 Å². The molecule has 1 saturated heterocycles. The van der Waals surface area contributed by atoms with Gasteiger partial charge in [-0.25, -0.2) is 8.42 Å². The zero-order chi connectivity index (χ0) is 23.2. The quantitative estimate of drug-likeness (QED) is 0.616. The van der Waals surface area contributed by atoms with Gasteiger partial charge in [-0.15, -0.1) is 0 Å². The summed E-state index contributed by atoms with van der Waals surface area (Å²) in [5, 5.41) is 4.72. The molecule has 1 aliphatic heterocycles. The molecule has 0 bridgehead atoms. The predicted molar refractivity (Wildman–Crippen MR) is 128 cm³/mol. The maximum atomic E-state index is 13.5. The molecule has 1 aromatic carbocycles. The molecule has 33 heavy (non-hydrogen) atoms. The van der Waals surface area contributed by atoms with Crippen LogP contribution in [0.4, 0.5) is 5.69 Å². The molecular formula is C23H29ClN4O4S. The minimum Gasteiger partial charge on any atom is -0.483 e. The summed E-state index contributed by atoms with van der Waals surface area (Å²) in [5.74, 6) is 0.842. The van der Waals surface area contributed by atoms with Crippen LogP contribution in [0.5, 0.6) is 5.75 Å². The number of sulfonamides is 1. The Hall–Kier alpha value is -2.10. The summed E-state index contributed by atoms with van der Waals surface area (Å²) >= 11 is 6.13. The Balaban J connectivity index is 1.45. The van der Waals surface area contributed by atoms with Gasteiger partial charge in [0.05, 0.1) is 23.2 Å². The summed E-state index contributed by atoms with van der Waals surface area (Å²) < 4.78 is 34.4. The number of aromatic nitrogens is 2. The van der Waals surface area contributed by atoms with Crippen LogP contribution in [0, 0.1) is 5.92 Å². The molecule has 178 valence electrons. The second-order valence-corrected chi connectivity index (χ2v) is 12.0. The molecule has 0 N–H and O–H groups in total. The van der Waals surface area contributed by atoms with E-state index in [2.05, 4.69) is 12.0 Å². The topological polar surface area (TPSA) is 84.7 Å². The standard InChI is InChI=1S/C23H29ClN4O4S/c1-16-5-6-19(13-16)32-22-21(15-25-28(23(22)29)18-4-2-3-17(24)14-18)26-9-11-27(12-10-26)33(30,31)20-7-8-20/h2-4,14-16,19-20H,5-13H2,1H3. The largest absolute Gasteiger partial charge is 0.483 e. The van der Waals surface area contributed by atoms with Gasteiger partial charge in [0.1, 0.15) is 5.69 Å². The van der Waals surface area contributed by atoms with Crippen LogP contribution in [0.15, 0.2) is 35.3 Å². The zero-order valence-electron chi connectivity index (χ0n) is 18.7. The molecule has 0 spiro atoms. The van der Waals surface area contributed by atoms with Crippen molar-refractivity contribution in [2.24, 2.45) is 5.92 Å². The molecule has 2 heterocycles. The van der Waals surface area contributed by atoms with Gasteiger partial charge in [0.15, 0.2) is 0 Å². The van der Waals surface area contributed by atoms with Crippen molar-refractivity contribution in [2.75, 3.05) is 31.1 Å². The Labute approximate surface area is 199 Å². The van der Waals surface area contributed by atoms with Crippen molar-refractivity contribution in [3.05, 3.63) is 45.8 Å². The molecule has 2 aromatic rings. The van der Waals surface area contributed by atoms with E-state index in [0.29, 0.717) is 48.5 Å². The summed E-state index contributed by atoms with van der Waals surface area (Å²) in [4.78, 5) is 15.6. The third-order valence-electron chi connectivity index (χ3n) is 6.78. The van der Waals surface area contributed by atoms with Crippen LogP contribution in [0.3, 0.4) is 0 Å². The Morgan fingerprint density at radius 1 is 1.09 bits per heavy atom. The lowest BCUT2D eigenvalue weighted by Crippen LogP contribution is -2.50. The van der Waals surface area contributed by atoms with Gasteiger partial charge in [0.25, 0.3) is 0 Å². The molecule has 5 rings (SSSR count). The van der Waals surface area contributed by atoms with Gasteiger partial charge in [0.2, 0.25) is 15.8 Å². The summed E-state index contributed by atoms with van der Waals surface area (Å²) in [6.07, 6.45) is 6.04. The number of benzene rings is 1. The first kappa shape index (κ1) is 22.7. The van der Waals surface area contributed by atoms with Crippen molar-refractivity contribution in [3.8, 4) is 11.4 Å². The van der Waals surface area contributed by atoms with E-state index in [0.717, 1.165) is 32.1 Å². The van der Waals surface area contributed by atoms with Crippen molar-refractivity contribution in [1.82, 2.24) is 14.1 Å². The molecule has 1 aromatic heterocycles. The summed E-state index contributed by atoms with van der Waals surface area (Å²) in [7, 11) is -3.20. The monoisotopic (exact) mass is 492 g/mol. The highest BCUT2D eigenvalue weighted by Gasteiger charge is 2.41. The number of anilines is 1. The lowest BCUT2D eigenvalue weighted by atomic mass is 10.1. The van der Waals surface area contributed by atoms with Crippen LogP contribution in [0.1, 0.15) is 39.0 Å². The van der Waals surface area contributed by atoms with E-state index >= 15 is 0 Å². The lowest BCUT2D eigenvalue weighted by molar-refractivity contribution is 0.201. The van der Waals surface area contributed by atoms with Gasteiger partial charge in [-0.3, -0.25) is 4.79 Å². The third kappa shape index (κ3) is 4.63. The van der Waals surface area contributed by atoms with E-state index in [9.17, 15) is 13.2 Å². The van der Waals surface area contributed by atoms with Crippen LogP contribution >= 0.6 is 11.6 Å². The molecule has 10 heteroatoms. The van der Waals surface area contributed by atoms with E-state index in [-0.39, 0.29) is 22.7 Å². The van der Waals surface area contributed by atoms with E-state index in [1.807, 2.05) is 4.90 Å². The highest BCUT2D eigenvalue weighted by Crippen LogP contribution is 2.34. The maximum absolute atomic E-state index is 13.5. The first-order valence-electron chi connectivity index (χ1n) is 11.6. The van der Waals surface area contributed by atoms with Gasteiger partial charge < -0.3 is 9.64 Å². The van der Waals surface area contributed by atoms with Gasteiger partial charge >= 0.3 is 5.56 Å². The van der Waals surface area contributed by atoms with Crippen LogP contribution in [0.25, 0.3) is 5.69 Å². The van der Waals surface area contributed by atoms with Gasteiger partial charge in [-0.05, 0) is 56.2 Å². The van der Waals surface area contributed by atoms with E-state index < -0.39 is 10.0 Å². The lowest BCUT2D eigenvalue weighted by Gasteiger charge is -2.36. The number of hydrogen-bond donors (Lipinski definition) is 0. The van der Waals surface area contributed by atoms with Crippen molar-refractivity contribution in [3.63, 3.8) is 0 Å². The van der Waals surface area contributed by atoms with Gasteiger partial charge in [-0.2, -0.15) is 14.1 Å². The van der Waals surface area contributed by atoms with Crippen molar-refractivity contribution < 1.29 is 13.2 Å². The third-order valence-corrected chi connectivity index (χ3v) is 9.42. The van der Waals surface area contributed by atoms with Crippen molar-refractivity contribution in [2.45, 2.75) is 50.4 Å². The molecule has 0 amide bonds. The van der Waals surface area contributed by atoms with Gasteiger partial charge in [-0.1, -0.05) is 24.6 Å². The number of piperazine rings is 1. The average Bonchev–Trinajstić information content (AvgIpc) is 3.58. The molecule has 0 radical (unpaired) electrons. The van der Waals surface area contributed by atoms with E-state index in [1.165, 1.54) is 4.68 Å². The molecule has 3 aliphatic rings. The average molecular weight is 493 g/mol. The minimum atomic E-state index is -3.20. The number of hydrogen-bond acceptors (Lipinski definition) is 6. The number of ether oxygens (including phenoxy) is 1. The molecule has 3 fully saturated rings. The maximum Gasteiger partial charge on any atom is 0.316 e. The molecule has 2 saturated carbocycles. The first-order chi connectivity index (χ1) is 15.8. The Morgan fingerprint density at radius 2 is 1.85 bits per heavy atom. The van der Waals surface area contributed by atoms with E-state index in [4.69, 9.17) is 16.3 Å². The molecule has 2 unspecified atom stereocenters. The first-order valence-corrected chi connectivity index (χ1v) is 13.5. The minimum absolute atomic E-state index is 0.0156. The molecule has 2 aliphatic carbocycles. The Kier molecular flexibility index (Phi) is 6.13. The molecular weight excluding hydrogens is 464 g/mol. The number of rotatable bonds is 6. The second-order valence-electron chi connectivity index (χ2n) is 9.34. The van der Waals surface area contributed by atoms with Crippen molar-refractivity contribution >= 4 is 27.3 Å². The van der Waals surface area contributed by atoms with Crippen LogP contribution in [0.2, 0.25) is 5.02 Å². The highest BCUT2D eigenvalue weighted by atomic mass is 35.5. The summed E-state index contributed by atoms with van der Waals surface area (Å²) in [6, 6.07) is 7.00. The predicted octanol–water partition coefficient (Wildman–Crippen LogP) is 3.07. The summed E-state index contributed by atoms with van der Waals surface area (Å²) in [5.41, 5.74) is 0.868. The smallest absolute Gasteiger partial charge is 0.316 e. The summed E-state index contributed by atoms with van der Waals surface area (Å²) in [6.45, 7) is 3.98. The van der Waals surface area contributed by atoms with Crippen LogP contribution in [-0.4, -0.2) is 60.0 Å². The second kappa shape index (κ2) is 8.92. The van der Waals surface area contributed by atoms with Gasteiger partial charge in [0, 0.05) is 31.2 Å². The SMILES string of the molecule is CC1CCC(Oc2c(N3CCN(S(=O)(=O)C4CC4)CC3)cnn(-c3cccc(Cl)c3)c2=O)C1. The Morgan fingerprint density at radius 3 is 2.48 bits per heavy atom. The van der Waals surface area contributed by atoms with E-state index in [1.54, 1.807) is 34.8 Å². The molecule has 8 nitrogen and oxygen atoms in total. The normalized spacial score (nSPS) is 24.2.